The van der Waals surface area contributed by atoms with Gasteiger partial charge in [-0.1, -0.05) is 29.8 Å². The van der Waals surface area contributed by atoms with Gasteiger partial charge in [0, 0.05) is 21.9 Å². The highest BCUT2D eigenvalue weighted by Gasteiger charge is 2.38. The first-order valence-corrected chi connectivity index (χ1v) is 7.31. The maximum absolute atomic E-state index is 9.21. The van der Waals surface area contributed by atoms with Gasteiger partial charge in [0.05, 0.1) is 0 Å². The smallest absolute Gasteiger partial charge is 0.403 e. The molecule has 3 rings (SSSR count). The van der Waals surface area contributed by atoms with Gasteiger partial charge in [-0.3, -0.25) is 10.2 Å². The number of nitrogens with one attached hydrogen (secondary N) is 1. The number of hydrogen-bond acceptors (Lipinski definition) is 5. The van der Waals surface area contributed by atoms with Crippen LogP contribution in [0.25, 0.3) is 0 Å². The molecule has 1 heterocycles. The van der Waals surface area contributed by atoms with Crippen molar-refractivity contribution in [3.63, 3.8) is 0 Å². The molecule has 2 aromatic rings. The summed E-state index contributed by atoms with van der Waals surface area (Å²) in [5.41, 5.74) is 1.66. The third kappa shape index (κ3) is 3.87. The van der Waals surface area contributed by atoms with E-state index in [0.29, 0.717) is 0 Å². The van der Waals surface area contributed by atoms with Crippen molar-refractivity contribution in [2.24, 2.45) is 0 Å². The third-order valence-electron chi connectivity index (χ3n) is 2.56. The maximum Gasteiger partial charge on any atom is 0.505 e. The van der Waals surface area contributed by atoms with Crippen molar-refractivity contribution in [3.8, 4) is 11.5 Å². The van der Waals surface area contributed by atoms with E-state index in [9.17, 15) is 10.2 Å². The van der Waals surface area contributed by atoms with Crippen LogP contribution in [-0.2, 0) is 0 Å². The zero-order valence-electron chi connectivity index (χ0n) is 11.6. The molecular weight excluding hydrogens is 338 g/mol. The molecule has 0 atom stereocenters. The highest BCUT2D eigenvalue weighted by molar-refractivity contribution is 9.10. The topological polar surface area (TPSA) is 71.0 Å². The molecular formula is C15H16BrNO4. The van der Waals surface area contributed by atoms with Gasteiger partial charge in [0.2, 0.25) is 0 Å². The average Bonchev–Trinajstić information content (AvgIpc) is 2.77. The Bertz CT molecular complexity index is 614. The molecule has 21 heavy (non-hydrogen) atoms. The van der Waals surface area contributed by atoms with Crippen LogP contribution in [0.15, 0.2) is 46.9 Å². The summed E-state index contributed by atoms with van der Waals surface area (Å²) in [6.45, 7) is 4.00. The molecule has 0 amide bonds. The SMILES string of the molecule is CC.OC1(O)Oc2ccc(Nc3ccc(Br)cc3)cc2O1. The number of hydrogen-bond donors (Lipinski definition) is 3. The van der Waals surface area contributed by atoms with Crippen molar-refractivity contribution in [2.45, 2.75) is 20.0 Å². The van der Waals surface area contributed by atoms with Crippen molar-refractivity contribution < 1.29 is 19.7 Å². The fourth-order valence-electron chi connectivity index (χ4n) is 1.76. The normalized spacial score (nSPS) is 14.1. The second kappa shape index (κ2) is 6.34. The van der Waals surface area contributed by atoms with Crippen LogP contribution in [0.1, 0.15) is 13.8 Å². The van der Waals surface area contributed by atoms with Crippen molar-refractivity contribution >= 4 is 27.3 Å². The highest BCUT2D eigenvalue weighted by atomic mass is 79.9. The molecule has 6 heteroatoms. The van der Waals surface area contributed by atoms with Crippen molar-refractivity contribution in [3.05, 3.63) is 46.9 Å². The van der Waals surface area contributed by atoms with Crippen LogP contribution >= 0.6 is 15.9 Å². The van der Waals surface area contributed by atoms with E-state index in [2.05, 4.69) is 21.2 Å². The van der Waals surface area contributed by atoms with Crippen LogP contribution < -0.4 is 14.8 Å². The summed E-state index contributed by atoms with van der Waals surface area (Å²) >= 11 is 3.36. The predicted molar refractivity (Wildman–Crippen MR) is 83.6 cm³/mol. The minimum absolute atomic E-state index is 0.270. The minimum atomic E-state index is -2.58. The number of rotatable bonds is 2. The largest absolute Gasteiger partial charge is 0.505 e. The number of aliphatic hydroxyl groups is 2. The highest BCUT2D eigenvalue weighted by Crippen LogP contribution is 2.39. The number of anilines is 2. The molecule has 1 aliphatic heterocycles. The summed E-state index contributed by atoms with van der Waals surface area (Å²) in [4.78, 5) is 0. The molecule has 0 aromatic heterocycles. The lowest BCUT2D eigenvalue weighted by atomic mass is 10.2. The van der Waals surface area contributed by atoms with E-state index < -0.39 is 6.16 Å². The fraction of sp³-hybridized carbons (Fsp3) is 0.200. The van der Waals surface area contributed by atoms with E-state index in [-0.39, 0.29) is 11.5 Å². The second-order valence-corrected chi connectivity index (χ2v) is 4.96. The Labute approximate surface area is 131 Å². The Balaban J connectivity index is 0.000000774. The summed E-state index contributed by atoms with van der Waals surface area (Å²) in [6.07, 6.45) is -2.58. The third-order valence-corrected chi connectivity index (χ3v) is 3.09. The molecule has 0 bridgehead atoms. The molecule has 0 aliphatic carbocycles. The van der Waals surface area contributed by atoms with E-state index in [1.807, 2.05) is 38.1 Å². The van der Waals surface area contributed by atoms with Gasteiger partial charge in [-0.25, -0.2) is 0 Å². The summed E-state index contributed by atoms with van der Waals surface area (Å²) in [6, 6.07) is 12.7. The zero-order valence-corrected chi connectivity index (χ0v) is 13.2. The molecule has 5 nitrogen and oxygen atoms in total. The number of ether oxygens (including phenoxy) is 2. The Morgan fingerprint density at radius 1 is 0.905 bits per heavy atom. The lowest BCUT2D eigenvalue weighted by molar-refractivity contribution is -0.385. The Hall–Kier alpha value is -1.76. The zero-order chi connectivity index (χ0) is 15.5. The summed E-state index contributed by atoms with van der Waals surface area (Å²) in [5, 5.41) is 21.6. The summed E-state index contributed by atoms with van der Waals surface area (Å²) in [7, 11) is 0. The van der Waals surface area contributed by atoms with Gasteiger partial charge in [0.25, 0.3) is 0 Å². The molecule has 3 N–H and O–H groups in total. The second-order valence-electron chi connectivity index (χ2n) is 4.05. The molecule has 112 valence electrons. The molecule has 0 unspecified atom stereocenters. The molecule has 0 saturated heterocycles. The lowest BCUT2D eigenvalue weighted by Gasteiger charge is -2.10. The van der Waals surface area contributed by atoms with Crippen LogP contribution in [-0.4, -0.2) is 16.4 Å². The van der Waals surface area contributed by atoms with Gasteiger partial charge < -0.3 is 14.8 Å². The summed E-state index contributed by atoms with van der Waals surface area (Å²) in [5.74, 6) is 0.554. The monoisotopic (exact) mass is 353 g/mol. The van der Waals surface area contributed by atoms with Crippen LogP contribution in [0, 0.1) is 0 Å². The Morgan fingerprint density at radius 2 is 1.48 bits per heavy atom. The van der Waals surface area contributed by atoms with E-state index in [1.165, 1.54) is 0 Å². The fourth-order valence-corrected chi connectivity index (χ4v) is 2.02. The van der Waals surface area contributed by atoms with E-state index in [1.54, 1.807) is 18.2 Å². The first-order chi connectivity index (χ1) is 10.0. The van der Waals surface area contributed by atoms with Gasteiger partial charge in [-0.05, 0) is 36.4 Å². The molecule has 0 saturated carbocycles. The van der Waals surface area contributed by atoms with Crippen molar-refractivity contribution in [1.82, 2.24) is 0 Å². The molecule has 0 spiro atoms. The molecule has 0 radical (unpaired) electrons. The van der Waals surface area contributed by atoms with E-state index in [4.69, 9.17) is 9.47 Å². The molecule has 2 aromatic carbocycles. The number of halogens is 1. The van der Waals surface area contributed by atoms with E-state index in [0.717, 1.165) is 15.8 Å². The quantitative estimate of drug-likeness (QED) is 0.719. The van der Waals surface area contributed by atoms with E-state index >= 15 is 0 Å². The van der Waals surface area contributed by atoms with Crippen LogP contribution in [0.4, 0.5) is 11.4 Å². The maximum atomic E-state index is 9.21. The first kappa shape index (κ1) is 15.6. The first-order valence-electron chi connectivity index (χ1n) is 6.51. The van der Waals surface area contributed by atoms with Gasteiger partial charge in [0.1, 0.15) is 0 Å². The summed E-state index contributed by atoms with van der Waals surface area (Å²) < 4.78 is 10.6. The molecule has 0 fully saturated rings. The minimum Gasteiger partial charge on any atom is -0.403 e. The number of fused-ring (bicyclic) bond motifs is 1. The molecule has 1 aliphatic rings. The van der Waals surface area contributed by atoms with Gasteiger partial charge in [0.15, 0.2) is 11.5 Å². The van der Waals surface area contributed by atoms with Crippen molar-refractivity contribution in [2.75, 3.05) is 5.32 Å². The lowest BCUT2D eigenvalue weighted by Crippen LogP contribution is -2.37. The van der Waals surface area contributed by atoms with Crippen LogP contribution in [0.2, 0.25) is 0 Å². The Morgan fingerprint density at radius 3 is 2.14 bits per heavy atom. The van der Waals surface area contributed by atoms with Gasteiger partial charge in [-0.15, -0.1) is 0 Å². The predicted octanol–water partition coefficient (Wildman–Crippen LogP) is 3.59. The number of benzene rings is 2. The van der Waals surface area contributed by atoms with Crippen LogP contribution in [0.5, 0.6) is 11.5 Å². The average molecular weight is 354 g/mol. The van der Waals surface area contributed by atoms with Crippen LogP contribution in [0.3, 0.4) is 0 Å². The van der Waals surface area contributed by atoms with Gasteiger partial charge in [-0.2, -0.15) is 0 Å². The Kier molecular flexibility index (Phi) is 4.72. The van der Waals surface area contributed by atoms with Gasteiger partial charge >= 0.3 is 6.16 Å². The standard InChI is InChI=1S/C13H10BrNO4.C2H6/c14-8-1-3-9(4-2-8)15-10-5-6-11-12(7-10)19-13(16,17)18-11;1-2/h1-7,15-17H;1-2H3. The van der Waals surface area contributed by atoms with Crippen molar-refractivity contribution in [1.29, 1.82) is 0 Å².